The number of thioether (sulfide) groups is 1. The standard InChI is InChI=1S/C23H45NO6S/c1-5-11-31-12-9-7-8-10-28-22-18(25)14(3)13-16(24)21(22)30-23-15(4)19(26)20(27)17(6-2)29-23/h14-23,25-27H,5-13,24H2,1-4H3/t14-,15?,16?,17?,18-,19-,20-,21-,22?,23-/m1/s1. The number of aliphatic hydroxyl groups excluding tert-OH is 3. The lowest BCUT2D eigenvalue weighted by Crippen LogP contribution is -2.62. The monoisotopic (exact) mass is 463 g/mol. The Kier molecular flexibility index (Phi) is 12.1. The molecular weight excluding hydrogens is 418 g/mol. The summed E-state index contributed by atoms with van der Waals surface area (Å²) in [5.74, 6) is 2.00. The van der Waals surface area contributed by atoms with Crippen molar-refractivity contribution < 1.29 is 29.5 Å². The number of hydrogen-bond donors (Lipinski definition) is 4. The quantitative estimate of drug-likeness (QED) is 0.326. The first-order valence-corrected chi connectivity index (χ1v) is 13.3. The van der Waals surface area contributed by atoms with Crippen LogP contribution in [0.5, 0.6) is 0 Å². The number of hydrogen-bond acceptors (Lipinski definition) is 8. The fourth-order valence-electron chi connectivity index (χ4n) is 4.50. The third-order valence-electron chi connectivity index (χ3n) is 6.60. The van der Waals surface area contributed by atoms with Crippen LogP contribution in [0.15, 0.2) is 0 Å². The molecule has 0 spiro atoms. The Labute approximate surface area is 192 Å². The smallest absolute Gasteiger partial charge is 0.163 e. The van der Waals surface area contributed by atoms with Gasteiger partial charge in [0.2, 0.25) is 0 Å². The second-order valence-corrected chi connectivity index (χ2v) is 10.5. The molecule has 2 fully saturated rings. The van der Waals surface area contributed by atoms with Gasteiger partial charge in [0.15, 0.2) is 6.29 Å². The highest BCUT2D eigenvalue weighted by Crippen LogP contribution is 2.34. The predicted octanol–water partition coefficient (Wildman–Crippen LogP) is 2.29. The molecule has 0 radical (unpaired) electrons. The molecule has 8 heteroatoms. The molecule has 0 bridgehead atoms. The maximum Gasteiger partial charge on any atom is 0.163 e. The molecule has 7 nitrogen and oxygen atoms in total. The van der Waals surface area contributed by atoms with E-state index in [0.717, 1.165) is 12.8 Å². The fourth-order valence-corrected chi connectivity index (χ4v) is 5.40. The summed E-state index contributed by atoms with van der Waals surface area (Å²) in [7, 11) is 0. The lowest BCUT2D eigenvalue weighted by atomic mass is 9.80. The molecule has 2 rings (SSSR count). The van der Waals surface area contributed by atoms with Gasteiger partial charge in [0, 0.05) is 18.6 Å². The van der Waals surface area contributed by atoms with Gasteiger partial charge in [-0.15, -0.1) is 0 Å². The van der Waals surface area contributed by atoms with Crippen molar-refractivity contribution in [2.45, 2.75) is 115 Å². The van der Waals surface area contributed by atoms with E-state index in [4.69, 9.17) is 19.9 Å². The summed E-state index contributed by atoms with van der Waals surface area (Å²) < 4.78 is 18.3. The molecule has 0 aromatic heterocycles. The normalized spacial score (nSPS) is 41.4. The van der Waals surface area contributed by atoms with Crippen molar-refractivity contribution in [3.8, 4) is 0 Å². The van der Waals surface area contributed by atoms with Gasteiger partial charge >= 0.3 is 0 Å². The van der Waals surface area contributed by atoms with Gasteiger partial charge in [-0.3, -0.25) is 0 Å². The van der Waals surface area contributed by atoms with E-state index in [2.05, 4.69) is 6.92 Å². The second-order valence-electron chi connectivity index (χ2n) is 9.27. The number of rotatable bonds is 12. The van der Waals surface area contributed by atoms with Crippen LogP contribution in [0.3, 0.4) is 0 Å². The van der Waals surface area contributed by atoms with Crippen LogP contribution in [0.25, 0.3) is 0 Å². The Balaban J connectivity index is 1.93. The van der Waals surface area contributed by atoms with E-state index in [-0.39, 0.29) is 12.0 Å². The lowest BCUT2D eigenvalue weighted by molar-refractivity contribution is -0.308. The SMILES string of the molecule is CCCSCCCCCOC1[C@H](O[C@H]2OC(CC)[C@@H](O)[C@H](O)C2C)C(N)C[C@@H](C)[C@H]1O. The number of nitrogens with two attached hydrogens (primary N) is 1. The average Bonchev–Trinajstić information content (AvgIpc) is 2.75. The molecule has 1 saturated carbocycles. The third kappa shape index (κ3) is 7.54. The Morgan fingerprint density at radius 2 is 1.71 bits per heavy atom. The van der Waals surface area contributed by atoms with Crippen LogP contribution in [0.4, 0.5) is 0 Å². The molecule has 31 heavy (non-hydrogen) atoms. The molecule has 1 heterocycles. The molecule has 2 aliphatic rings. The van der Waals surface area contributed by atoms with E-state index < -0.39 is 48.8 Å². The van der Waals surface area contributed by atoms with Gasteiger partial charge in [-0.2, -0.15) is 11.8 Å². The molecule has 0 amide bonds. The van der Waals surface area contributed by atoms with Gasteiger partial charge < -0.3 is 35.3 Å². The van der Waals surface area contributed by atoms with Gasteiger partial charge in [0.25, 0.3) is 0 Å². The molecular formula is C23H45NO6S. The third-order valence-corrected chi connectivity index (χ3v) is 7.88. The van der Waals surface area contributed by atoms with Crippen molar-refractivity contribution in [2.75, 3.05) is 18.1 Å². The molecule has 4 unspecified atom stereocenters. The summed E-state index contributed by atoms with van der Waals surface area (Å²) in [6.45, 7) is 8.43. The largest absolute Gasteiger partial charge is 0.390 e. The van der Waals surface area contributed by atoms with Gasteiger partial charge in [-0.05, 0) is 49.5 Å². The Hall–Kier alpha value is 0.0700. The van der Waals surface area contributed by atoms with E-state index >= 15 is 0 Å². The first kappa shape index (κ1) is 27.3. The summed E-state index contributed by atoms with van der Waals surface area (Å²) in [5.41, 5.74) is 6.43. The topological polar surface area (TPSA) is 114 Å². The van der Waals surface area contributed by atoms with Crippen LogP contribution < -0.4 is 5.73 Å². The van der Waals surface area contributed by atoms with Crippen molar-refractivity contribution in [1.82, 2.24) is 0 Å². The molecule has 1 saturated heterocycles. The summed E-state index contributed by atoms with van der Waals surface area (Å²) >= 11 is 1.99. The first-order chi connectivity index (χ1) is 14.8. The zero-order valence-corrected chi connectivity index (χ0v) is 20.5. The highest BCUT2D eigenvalue weighted by Gasteiger charge is 2.48. The summed E-state index contributed by atoms with van der Waals surface area (Å²) in [6.07, 6.45) is 0.809. The minimum Gasteiger partial charge on any atom is -0.390 e. The van der Waals surface area contributed by atoms with Crippen molar-refractivity contribution in [1.29, 1.82) is 0 Å². The molecule has 10 atom stereocenters. The Bertz CT molecular complexity index is 499. The molecule has 5 N–H and O–H groups in total. The average molecular weight is 464 g/mol. The van der Waals surface area contributed by atoms with Crippen LogP contribution in [0.1, 0.15) is 66.2 Å². The van der Waals surface area contributed by atoms with E-state index in [1.807, 2.05) is 25.6 Å². The van der Waals surface area contributed by atoms with Crippen molar-refractivity contribution in [2.24, 2.45) is 17.6 Å². The Morgan fingerprint density at radius 3 is 2.39 bits per heavy atom. The molecule has 0 aromatic rings. The Morgan fingerprint density at radius 1 is 0.968 bits per heavy atom. The zero-order chi connectivity index (χ0) is 23.0. The highest BCUT2D eigenvalue weighted by molar-refractivity contribution is 7.99. The zero-order valence-electron chi connectivity index (χ0n) is 19.7. The second kappa shape index (κ2) is 13.7. The predicted molar refractivity (Wildman–Crippen MR) is 124 cm³/mol. The first-order valence-electron chi connectivity index (χ1n) is 12.1. The van der Waals surface area contributed by atoms with Crippen LogP contribution in [0.2, 0.25) is 0 Å². The molecule has 1 aliphatic heterocycles. The minimum atomic E-state index is -0.937. The van der Waals surface area contributed by atoms with Crippen molar-refractivity contribution >= 4 is 11.8 Å². The maximum atomic E-state index is 10.8. The number of ether oxygens (including phenoxy) is 3. The summed E-state index contributed by atoms with van der Waals surface area (Å²) in [6, 6.07) is -0.297. The van der Waals surface area contributed by atoms with E-state index in [1.54, 1.807) is 6.92 Å². The fraction of sp³-hybridized carbons (Fsp3) is 1.00. The van der Waals surface area contributed by atoms with E-state index in [1.165, 1.54) is 24.3 Å². The maximum absolute atomic E-state index is 10.8. The molecule has 184 valence electrons. The minimum absolute atomic E-state index is 0.0193. The van der Waals surface area contributed by atoms with E-state index in [0.29, 0.717) is 19.4 Å². The van der Waals surface area contributed by atoms with Crippen LogP contribution in [-0.4, -0.2) is 82.4 Å². The number of unbranched alkanes of at least 4 members (excludes halogenated alkanes) is 2. The van der Waals surface area contributed by atoms with Gasteiger partial charge in [-0.1, -0.05) is 34.1 Å². The van der Waals surface area contributed by atoms with Gasteiger partial charge in [0.1, 0.15) is 18.3 Å². The number of aliphatic hydroxyl groups is 3. The van der Waals surface area contributed by atoms with Crippen LogP contribution in [0, 0.1) is 11.8 Å². The van der Waals surface area contributed by atoms with Crippen molar-refractivity contribution in [3.05, 3.63) is 0 Å². The van der Waals surface area contributed by atoms with Gasteiger partial charge in [-0.25, -0.2) is 0 Å². The van der Waals surface area contributed by atoms with E-state index in [9.17, 15) is 15.3 Å². The van der Waals surface area contributed by atoms with Crippen molar-refractivity contribution in [3.63, 3.8) is 0 Å². The summed E-state index contributed by atoms with van der Waals surface area (Å²) in [4.78, 5) is 0. The summed E-state index contributed by atoms with van der Waals surface area (Å²) in [5, 5.41) is 31.5. The molecule has 0 aromatic carbocycles. The molecule has 1 aliphatic carbocycles. The highest BCUT2D eigenvalue weighted by atomic mass is 32.2. The lowest BCUT2D eigenvalue weighted by Gasteiger charge is -2.47. The van der Waals surface area contributed by atoms with Gasteiger partial charge in [0.05, 0.1) is 18.3 Å². The van der Waals surface area contributed by atoms with Crippen LogP contribution in [-0.2, 0) is 14.2 Å². The van der Waals surface area contributed by atoms with Crippen LogP contribution >= 0.6 is 11.8 Å².